The van der Waals surface area contributed by atoms with Crippen LogP contribution in [-0.2, 0) is 14.3 Å². The molecule has 5 heteroatoms. The highest BCUT2D eigenvalue weighted by atomic mass is 35.5. The number of carbonyl (C=O) groups excluding carboxylic acids is 2. The van der Waals surface area contributed by atoms with Gasteiger partial charge in [0.2, 0.25) is 0 Å². The van der Waals surface area contributed by atoms with Crippen molar-refractivity contribution in [2.24, 2.45) is 0 Å². The first-order valence-electron chi connectivity index (χ1n) is 3.73. The van der Waals surface area contributed by atoms with Crippen molar-refractivity contribution in [1.82, 2.24) is 0 Å². The zero-order chi connectivity index (χ0) is 10.9. The highest BCUT2D eigenvalue weighted by Crippen LogP contribution is 2.25. The van der Waals surface area contributed by atoms with Gasteiger partial charge < -0.3 is 9.84 Å². The third-order valence-electron chi connectivity index (χ3n) is 1.98. The molecular formula is C8H13ClO4. The molecule has 76 valence electrons. The van der Waals surface area contributed by atoms with E-state index in [1.54, 1.807) is 0 Å². The average molecular weight is 209 g/mol. The van der Waals surface area contributed by atoms with Crippen LogP contribution in [0.1, 0.15) is 27.7 Å². The number of esters is 1. The lowest BCUT2D eigenvalue weighted by molar-refractivity contribution is -0.181. The summed E-state index contributed by atoms with van der Waals surface area (Å²) in [6, 6.07) is 0. The van der Waals surface area contributed by atoms with Gasteiger partial charge in [-0.05, 0) is 39.3 Å². The van der Waals surface area contributed by atoms with Crippen LogP contribution in [0.4, 0.5) is 0 Å². The summed E-state index contributed by atoms with van der Waals surface area (Å²) in [6.07, 6.45) is 0. The van der Waals surface area contributed by atoms with E-state index in [-0.39, 0.29) is 0 Å². The second kappa shape index (κ2) is 3.64. The Morgan fingerprint density at radius 3 is 1.85 bits per heavy atom. The van der Waals surface area contributed by atoms with Crippen LogP contribution in [0.25, 0.3) is 0 Å². The highest BCUT2D eigenvalue weighted by Gasteiger charge is 2.39. The largest absolute Gasteiger partial charge is 0.450 e. The first kappa shape index (κ1) is 12.4. The lowest BCUT2D eigenvalue weighted by atomic mass is 9.89. The van der Waals surface area contributed by atoms with Gasteiger partial charge in [-0.1, -0.05) is 0 Å². The first-order valence-corrected chi connectivity index (χ1v) is 4.11. The number of halogens is 1. The highest BCUT2D eigenvalue weighted by molar-refractivity contribution is 6.80. The number of hydrogen-bond donors (Lipinski definition) is 1. The Bertz CT molecular complexity index is 227. The summed E-state index contributed by atoms with van der Waals surface area (Å²) < 4.78 is 4.69. The molecule has 0 fully saturated rings. The predicted molar refractivity (Wildman–Crippen MR) is 47.3 cm³/mol. The molecule has 0 amide bonds. The molecule has 0 rings (SSSR count). The Balaban J connectivity index is 4.53. The van der Waals surface area contributed by atoms with Crippen LogP contribution >= 0.6 is 11.6 Å². The quantitative estimate of drug-likeness (QED) is 0.424. The first-order chi connectivity index (χ1) is 5.58. The average Bonchev–Trinajstić information content (AvgIpc) is 1.83. The van der Waals surface area contributed by atoms with Gasteiger partial charge in [-0.3, -0.25) is 4.79 Å². The third kappa shape index (κ3) is 3.32. The van der Waals surface area contributed by atoms with Crippen LogP contribution < -0.4 is 0 Å². The molecule has 0 aliphatic carbocycles. The summed E-state index contributed by atoms with van der Waals surface area (Å²) in [7, 11) is 0. The Morgan fingerprint density at radius 2 is 1.62 bits per heavy atom. The molecule has 0 saturated carbocycles. The van der Waals surface area contributed by atoms with Crippen LogP contribution in [-0.4, -0.2) is 27.5 Å². The minimum Gasteiger partial charge on any atom is -0.450 e. The van der Waals surface area contributed by atoms with E-state index in [1.807, 2.05) is 0 Å². The Morgan fingerprint density at radius 1 is 1.23 bits per heavy atom. The monoisotopic (exact) mass is 208 g/mol. The summed E-state index contributed by atoms with van der Waals surface area (Å²) in [6.45, 7) is 5.92. The predicted octanol–water partition coefficient (Wildman–Crippen LogP) is 0.844. The second-order valence-corrected chi connectivity index (χ2v) is 4.08. The molecule has 0 aliphatic rings. The normalized spacial score (nSPS) is 12.5. The molecule has 0 saturated heterocycles. The zero-order valence-electron chi connectivity index (χ0n) is 8.05. The fraction of sp³-hybridized carbons (Fsp3) is 0.750. The van der Waals surface area contributed by atoms with E-state index < -0.39 is 22.4 Å². The second-order valence-electron chi connectivity index (χ2n) is 3.73. The van der Waals surface area contributed by atoms with Crippen molar-refractivity contribution in [2.75, 3.05) is 0 Å². The maximum atomic E-state index is 10.8. The molecule has 0 heterocycles. The number of aliphatic hydroxyl groups is 1. The van der Waals surface area contributed by atoms with Crippen molar-refractivity contribution >= 4 is 22.8 Å². The summed E-state index contributed by atoms with van der Waals surface area (Å²) >= 11 is 4.89. The van der Waals surface area contributed by atoms with Gasteiger partial charge in [-0.15, -0.1) is 0 Å². The van der Waals surface area contributed by atoms with Crippen LogP contribution in [0.2, 0.25) is 0 Å². The van der Waals surface area contributed by atoms with Crippen LogP contribution in [0.3, 0.4) is 0 Å². The minimum absolute atomic E-state index is 1.16. The molecule has 0 spiro atoms. The molecule has 1 N–H and O–H groups in total. The number of rotatable bonds is 3. The number of carbonyl (C=O) groups is 2. The lowest BCUT2D eigenvalue weighted by Crippen LogP contribution is -2.49. The molecule has 0 bridgehead atoms. The van der Waals surface area contributed by atoms with Gasteiger partial charge in [0.15, 0.2) is 0 Å². The van der Waals surface area contributed by atoms with E-state index in [4.69, 9.17) is 16.3 Å². The van der Waals surface area contributed by atoms with Crippen molar-refractivity contribution in [1.29, 1.82) is 0 Å². The van der Waals surface area contributed by atoms with E-state index in [1.165, 1.54) is 27.7 Å². The molecular weight excluding hydrogens is 196 g/mol. The third-order valence-corrected chi connectivity index (χ3v) is 2.14. The molecule has 13 heavy (non-hydrogen) atoms. The maximum absolute atomic E-state index is 10.8. The summed E-state index contributed by atoms with van der Waals surface area (Å²) in [5.74, 6) is -1.16. The molecule has 0 unspecified atom stereocenters. The van der Waals surface area contributed by atoms with Gasteiger partial charge in [0.25, 0.3) is 0 Å². The molecule has 0 aliphatic heterocycles. The van der Waals surface area contributed by atoms with Gasteiger partial charge in [0.05, 0.1) is 5.60 Å². The van der Waals surface area contributed by atoms with Gasteiger partial charge in [-0.25, -0.2) is 4.79 Å². The Hall–Kier alpha value is -0.610. The van der Waals surface area contributed by atoms with Crippen molar-refractivity contribution in [3.8, 4) is 0 Å². The van der Waals surface area contributed by atoms with Gasteiger partial charge in [-0.2, -0.15) is 0 Å². The van der Waals surface area contributed by atoms with E-state index in [0.717, 1.165) is 0 Å². The van der Waals surface area contributed by atoms with Crippen LogP contribution in [0.15, 0.2) is 0 Å². The molecule has 0 aromatic heterocycles. The van der Waals surface area contributed by atoms with Gasteiger partial charge >= 0.3 is 11.2 Å². The SMILES string of the molecule is CC(C)(O)C(C)(C)OC(=O)C(=O)Cl. The van der Waals surface area contributed by atoms with E-state index in [2.05, 4.69) is 0 Å². The van der Waals surface area contributed by atoms with Crippen LogP contribution in [0, 0.1) is 0 Å². The standard InChI is InChI=1S/C8H13ClO4/c1-7(2,12)8(3,4)13-6(11)5(9)10/h12H,1-4H3. The summed E-state index contributed by atoms with van der Waals surface area (Å²) in [4.78, 5) is 21.1. The van der Waals surface area contributed by atoms with E-state index >= 15 is 0 Å². The lowest BCUT2D eigenvalue weighted by Gasteiger charge is -2.35. The zero-order valence-corrected chi connectivity index (χ0v) is 8.81. The Labute approximate surface area is 81.8 Å². The number of ether oxygens (including phenoxy) is 1. The smallest absolute Gasteiger partial charge is 0.392 e. The maximum Gasteiger partial charge on any atom is 0.392 e. The Kier molecular flexibility index (Phi) is 3.47. The molecule has 4 nitrogen and oxygen atoms in total. The van der Waals surface area contributed by atoms with Crippen molar-refractivity contribution in [3.63, 3.8) is 0 Å². The van der Waals surface area contributed by atoms with E-state index in [0.29, 0.717) is 0 Å². The molecule has 0 aromatic rings. The summed E-state index contributed by atoms with van der Waals surface area (Å²) in [5.41, 5.74) is -2.40. The number of hydrogen-bond acceptors (Lipinski definition) is 4. The van der Waals surface area contributed by atoms with Crippen molar-refractivity contribution in [2.45, 2.75) is 38.9 Å². The van der Waals surface area contributed by atoms with Crippen molar-refractivity contribution in [3.05, 3.63) is 0 Å². The van der Waals surface area contributed by atoms with Gasteiger partial charge in [0.1, 0.15) is 5.60 Å². The van der Waals surface area contributed by atoms with E-state index in [9.17, 15) is 14.7 Å². The fourth-order valence-corrected chi connectivity index (χ4v) is 0.435. The fourth-order valence-electron chi connectivity index (χ4n) is 0.397. The van der Waals surface area contributed by atoms with Crippen molar-refractivity contribution < 1.29 is 19.4 Å². The molecule has 0 aromatic carbocycles. The summed E-state index contributed by atoms with van der Waals surface area (Å²) in [5, 5.41) is 8.35. The van der Waals surface area contributed by atoms with Crippen LogP contribution in [0.5, 0.6) is 0 Å². The molecule has 0 atom stereocenters. The van der Waals surface area contributed by atoms with Gasteiger partial charge in [0, 0.05) is 0 Å². The molecule has 0 radical (unpaired) electrons. The minimum atomic E-state index is -1.24. The topological polar surface area (TPSA) is 63.6 Å².